The van der Waals surface area contributed by atoms with E-state index in [0.717, 1.165) is 0 Å². The van der Waals surface area contributed by atoms with Crippen molar-refractivity contribution in [3.8, 4) is 0 Å². The minimum atomic E-state index is -0.936. The van der Waals surface area contributed by atoms with Crippen molar-refractivity contribution in [3.05, 3.63) is 29.6 Å². The fraction of sp³-hybridized carbons (Fsp3) is 0.500. The molecule has 0 bridgehead atoms. The smallest absolute Gasteiger partial charge is 0.186 e. The highest BCUT2D eigenvalue weighted by molar-refractivity contribution is 5.48. The Bertz CT molecular complexity index is 371. The molecule has 18 heavy (non-hydrogen) atoms. The predicted octanol–water partition coefficient (Wildman–Crippen LogP) is 0.882. The zero-order valence-electron chi connectivity index (χ0n) is 10.4. The normalized spacial score (nSPS) is 12.8. The maximum absolute atomic E-state index is 14.1. The van der Waals surface area contributed by atoms with Crippen LogP contribution in [0.1, 0.15) is 11.9 Å². The fourth-order valence-corrected chi connectivity index (χ4v) is 1.51. The number of aliphatic hydroxyl groups is 2. The van der Waals surface area contributed by atoms with E-state index in [4.69, 9.17) is 14.6 Å². The first-order valence-corrected chi connectivity index (χ1v) is 5.50. The predicted molar refractivity (Wildman–Crippen MR) is 64.7 cm³/mol. The molecular formula is C12H18FNO4. The maximum atomic E-state index is 14.1. The molecule has 6 heteroatoms. The topological polar surface area (TPSA) is 71.0 Å². The van der Waals surface area contributed by atoms with Crippen LogP contribution >= 0.6 is 0 Å². The van der Waals surface area contributed by atoms with Crippen LogP contribution in [0, 0.1) is 5.82 Å². The van der Waals surface area contributed by atoms with Crippen molar-refractivity contribution in [3.63, 3.8) is 0 Å². The van der Waals surface area contributed by atoms with E-state index in [-0.39, 0.29) is 24.4 Å². The Kier molecular flexibility index (Phi) is 6.00. The summed E-state index contributed by atoms with van der Waals surface area (Å²) in [4.78, 5) is 0. The van der Waals surface area contributed by atoms with Crippen LogP contribution in [0.15, 0.2) is 18.2 Å². The number of hydrogen-bond donors (Lipinski definition) is 3. The molecule has 0 saturated heterocycles. The van der Waals surface area contributed by atoms with Crippen LogP contribution in [-0.2, 0) is 9.47 Å². The van der Waals surface area contributed by atoms with Gasteiger partial charge in [-0.15, -0.1) is 0 Å². The van der Waals surface area contributed by atoms with Gasteiger partial charge in [0.2, 0.25) is 0 Å². The van der Waals surface area contributed by atoms with Gasteiger partial charge in [-0.05, 0) is 6.07 Å². The number of rotatable bonds is 7. The van der Waals surface area contributed by atoms with Crippen LogP contribution in [0.5, 0.6) is 0 Å². The third-order valence-electron chi connectivity index (χ3n) is 2.45. The molecule has 0 amide bonds. The molecule has 0 heterocycles. The number of anilines is 1. The highest BCUT2D eigenvalue weighted by Crippen LogP contribution is 2.25. The van der Waals surface area contributed by atoms with Crippen LogP contribution in [0.2, 0.25) is 0 Å². The molecule has 1 atom stereocenters. The zero-order chi connectivity index (χ0) is 13.5. The van der Waals surface area contributed by atoms with Crippen LogP contribution in [0.4, 0.5) is 10.1 Å². The number of benzene rings is 1. The van der Waals surface area contributed by atoms with Gasteiger partial charge in [0, 0.05) is 26.3 Å². The van der Waals surface area contributed by atoms with Gasteiger partial charge in [0.1, 0.15) is 0 Å². The lowest BCUT2D eigenvalue weighted by atomic mass is 10.1. The van der Waals surface area contributed by atoms with Crippen LogP contribution < -0.4 is 5.32 Å². The Morgan fingerprint density at radius 3 is 2.56 bits per heavy atom. The van der Waals surface area contributed by atoms with Gasteiger partial charge in [0.15, 0.2) is 12.1 Å². The van der Waals surface area contributed by atoms with Gasteiger partial charge in [-0.3, -0.25) is 0 Å². The molecule has 3 N–H and O–H groups in total. The molecular weight excluding hydrogens is 241 g/mol. The van der Waals surface area contributed by atoms with Crippen molar-refractivity contribution in [1.29, 1.82) is 0 Å². The van der Waals surface area contributed by atoms with E-state index in [1.807, 2.05) is 0 Å². The van der Waals surface area contributed by atoms with Gasteiger partial charge in [0.05, 0.1) is 18.4 Å². The second-order valence-electron chi connectivity index (χ2n) is 3.73. The van der Waals surface area contributed by atoms with Gasteiger partial charge < -0.3 is 25.0 Å². The second kappa shape index (κ2) is 7.27. The molecule has 0 spiro atoms. The lowest BCUT2D eigenvalue weighted by molar-refractivity contribution is -0.107. The molecule has 1 unspecified atom stereocenters. The molecule has 1 rings (SSSR count). The highest BCUT2D eigenvalue weighted by Gasteiger charge is 2.17. The molecule has 0 aliphatic heterocycles. The summed E-state index contributed by atoms with van der Waals surface area (Å²) >= 11 is 0. The molecule has 0 aliphatic carbocycles. The number of halogens is 1. The summed E-state index contributed by atoms with van der Waals surface area (Å²) in [5.41, 5.74) is 0.489. The quantitative estimate of drug-likeness (QED) is 0.634. The molecule has 5 nitrogen and oxygen atoms in total. The average molecular weight is 259 g/mol. The number of nitrogens with one attached hydrogen (secondary N) is 1. The van der Waals surface area contributed by atoms with Crippen molar-refractivity contribution in [2.45, 2.75) is 12.4 Å². The van der Waals surface area contributed by atoms with Crippen molar-refractivity contribution in [1.82, 2.24) is 0 Å². The average Bonchev–Trinajstić information content (AvgIpc) is 2.40. The van der Waals surface area contributed by atoms with Crippen LogP contribution in [-0.4, -0.2) is 43.7 Å². The maximum Gasteiger partial charge on any atom is 0.186 e. The number of ether oxygens (including phenoxy) is 2. The summed E-state index contributed by atoms with van der Waals surface area (Å²) in [6.07, 6.45) is -1.72. The lowest BCUT2D eigenvalue weighted by Gasteiger charge is -2.17. The summed E-state index contributed by atoms with van der Waals surface area (Å²) in [6.45, 7) is -0.325. The molecule has 0 fully saturated rings. The van der Waals surface area contributed by atoms with Gasteiger partial charge >= 0.3 is 0 Å². The first-order chi connectivity index (χ1) is 8.63. The van der Waals surface area contributed by atoms with Crippen LogP contribution in [0.25, 0.3) is 0 Å². The number of hydrogen-bond acceptors (Lipinski definition) is 5. The third-order valence-corrected chi connectivity index (χ3v) is 2.45. The van der Waals surface area contributed by atoms with E-state index in [0.29, 0.717) is 0 Å². The van der Waals surface area contributed by atoms with E-state index in [1.165, 1.54) is 20.3 Å². The lowest BCUT2D eigenvalue weighted by Crippen LogP contribution is -2.23. The standard InChI is InChI=1S/C12H18FNO4/c1-17-12(18-2)9-4-3-5-10(11(9)13)14-6-8(16)7-15/h3-5,8,12,14-16H,6-7H2,1-2H3. The Morgan fingerprint density at radius 1 is 1.33 bits per heavy atom. The van der Waals surface area contributed by atoms with Crippen molar-refractivity contribution in [2.75, 3.05) is 32.7 Å². The molecule has 0 saturated carbocycles. The van der Waals surface area contributed by atoms with E-state index >= 15 is 0 Å². The second-order valence-corrected chi connectivity index (χ2v) is 3.73. The Balaban J connectivity index is 2.84. The SMILES string of the molecule is COC(OC)c1cccc(NCC(O)CO)c1F. The first kappa shape index (κ1) is 14.8. The minimum Gasteiger partial charge on any atom is -0.394 e. The van der Waals surface area contributed by atoms with Gasteiger partial charge in [0.25, 0.3) is 0 Å². The van der Waals surface area contributed by atoms with E-state index < -0.39 is 18.2 Å². The Hall–Kier alpha value is -1.21. The first-order valence-electron chi connectivity index (χ1n) is 5.50. The van der Waals surface area contributed by atoms with Crippen molar-refractivity contribution < 1.29 is 24.1 Å². The van der Waals surface area contributed by atoms with E-state index in [1.54, 1.807) is 12.1 Å². The largest absolute Gasteiger partial charge is 0.394 e. The monoisotopic (exact) mass is 259 g/mol. The van der Waals surface area contributed by atoms with Gasteiger partial charge in [-0.1, -0.05) is 12.1 Å². The number of methoxy groups -OCH3 is 2. The van der Waals surface area contributed by atoms with Gasteiger partial charge in [-0.25, -0.2) is 4.39 Å². The molecule has 0 aliphatic rings. The zero-order valence-corrected chi connectivity index (χ0v) is 10.4. The third kappa shape index (κ3) is 3.64. The fourth-order valence-electron chi connectivity index (χ4n) is 1.51. The molecule has 1 aromatic rings. The molecule has 102 valence electrons. The summed E-state index contributed by atoms with van der Waals surface area (Å²) in [6, 6.07) is 4.74. The summed E-state index contributed by atoms with van der Waals surface area (Å²) < 4.78 is 24.1. The van der Waals surface area contributed by atoms with Crippen LogP contribution in [0.3, 0.4) is 0 Å². The van der Waals surface area contributed by atoms with Gasteiger partial charge in [-0.2, -0.15) is 0 Å². The molecule has 0 aromatic heterocycles. The summed E-state index contributed by atoms with van der Waals surface area (Å²) in [5, 5.41) is 20.6. The van der Waals surface area contributed by atoms with E-state index in [9.17, 15) is 9.50 Å². The molecule has 0 radical (unpaired) electrons. The van der Waals surface area contributed by atoms with E-state index in [2.05, 4.69) is 5.32 Å². The summed E-state index contributed by atoms with van der Waals surface area (Å²) in [7, 11) is 2.84. The Labute approximate surface area is 105 Å². The number of aliphatic hydroxyl groups excluding tert-OH is 2. The minimum absolute atomic E-state index is 0.0570. The summed E-state index contributed by atoms with van der Waals surface area (Å²) in [5.74, 6) is -0.503. The molecule has 1 aromatic carbocycles. The Morgan fingerprint density at radius 2 is 2.00 bits per heavy atom. The highest BCUT2D eigenvalue weighted by atomic mass is 19.1. The van der Waals surface area contributed by atoms with Crippen molar-refractivity contribution in [2.24, 2.45) is 0 Å². The van der Waals surface area contributed by atoms with Crippen molar-refractivity contribution >= 4 is 5.69 Å².